The molecule has 1 heterocycles. The van der Waals surface area contributed by atoms with Crippen LogP contribution < -0.4 is 0 Å². The summed E-state index contributed by atoms with van der Waals surface area (Å²) in [6, 6.07) is 8.25. The fourth-order valence-electron chi connectivity index (χ4n) is 5.06. The lowest BCUT2D eigenvalue weighted by Gasteiger charge is -2.34. The van der Waals surface area contributed by atoms with Crippen molar-refractivity contribution in [2.45, 2.75) is 71.6 Å². The molecule has 2 rings (SSSR count). The summed E-state index contributed by atoms with van der Waals surface area (Å²) in [6.45, 7) is 9.39. The Labute approximate surface area is 247 Å². The van der Waals surface area contributed by atoms with Crippen LogP contribution in [0.1, 0.15) is 53.0 Å². The molecule has 11 nitrogen and oxygen atoms in total. The molecule has 1 aliphatic rings. The predicted octanol–water partition coefficient (Wildman–Crippen LogP) is 3.06. The van der Waals surface area contributed by atoms with Crippen molar-refractivity contribution in [1.82, 2.24) is 4.90 Å². The van der Waals surface area contributed by atoms with Crippen LogP contribution in [0, 0.1) is 11.8 Å². The zero-order valence-electron chi connectivity index (χ0n) is 25.1. The van der Waals surface area contributed by atoms with Gasteiger partial charge in [0.05, 0.1) is 38.4 Å². The molecule has 0 aromatic heterocycles. The van der Waals surface area contributed by atoms with E-state index in [1.54, 1.807) is 44.2 Å². The molecule has 1 saturated heterocycles. The van der Waals surface area contributed by atoms with E-state index in [0.29, 0.717) is 31.8 Å². The highest BCUT2D eigenvalue weighted by Crippen LogP contribution is 2.36. The number of rotatable bonds is 18. The van der Waals surface area contributed by atoms with Gasteiger partial charge >= 0.3 is 12.1 Å². The Balaban J connectivity index is 2.24. The summed E-state index contributed by atoms with van der Waals surface area (Å²) < 4.78 is 21.4. The van der Waals surface area contributed by atoms with E-state index in [0.717, 1.165) is 24.0 Å². The minimum Gasteiger partial charge on any atom is -0.453 e. The summed E-state index contributed by atoms with van der Waals surface area (Å²) in [7, 11) is 0. The third-order valence-corrected chi connectivity index (χ3v) is 6.71. The molecule has 1 fully saturated rings. The number of esters is 1. The number of nitrogens with zero attached hydrogens (tertiary/aromatic N) is 1. The number of carbonyl (C=O) groups excluding carboxylic acids is 5. The number of carbonyl (C=O) groups is 5. The first-order chi connectivity index (χ1) is 19.9. The number of aliphatic hydroxyl groups is 1. The lowest BCUT2D eigenvalue weighted by Crippen LogP contribution is -2.53. The standard InChI is InChI=1S/C31H43NO10/c1-21(2)28-31(4,5)42-30(38)32(28)29(37)25(20-23-10-7-6-8-11-23)27(41-22(3)34)26(36)14-13-24(35)12-9-16-39-18-19-40-17-15-33/h6-8,10-11,13-14,21,25,27-28,33H,9,12,15-20H2,1-5H3/t25-,27+,28+/m0/s1. The second kappa shape index (κ2) is 16.9. The number of ether oxygens (including phenoxy) is 4. The van der Waals surface area contributed by atoms with E-state index in [1.807, 2.05) is 13.8 Å². The molecule has 232 valence electrons. The van der Waals surface area contributed by atoms with Gasteiger partial charge in [0.15, 0.2) is 17.7 Å². The molecular formula is C31H43NO10. The molecule has 3 atom stereocenters. The average Bonchev–Trinajstić information content (AvgIpc) is 3.18. The molecule has 1 aromatic carbocycles. The van der Waals surface area contributed by atoms with Crippen molar-refractivity contribution in [2.24, 2.45) is 11.8 Å². The Morgan fingerprint density at radius 3 is 2.26 bits per heavy atom. The topological polar surface area (TPSA) is 146 Å². The van der Waals surface area contributed by atoms with Crippen LogP contribution in [-0.2, 0) is 44.5 Å². The Kier molecular flexibility index (Phi) is 14.0. The highest BCUT2D eigenvalue weighted by molar-refractivity contribution is 6.05. The normalized spacial score (nSPS) is 17.7. The molecular weight excluding hydrogens is 546 g/mol. The zero-order chi connectivity index (χ0) is 31.3. The van der Waals surface area contributed by atoms with Crippen molar-refractivity contribution in [3.05, 3.63) is 48.0 Å². The van der Waals surface area contributed by atoms with Crippen LogP contribution in [-0.4, -0.2) is 90.3 Å². The van der Waals surface area contributed by atoms with E-state index in [2.05, 4.69) is 0 Å². The number of hydrogen-bond donors (Lipinski definition) is 1. The molecule has 1 N–H and O–H groups in total. The van der Waals surface area contributed by atoms with E-state index in [4.69, 9.17) is 24.1 Å². The summed E-state index contributed by atoms with van der Waals surface area (Å²) in [5, 5.41) is 8.67. The van der Waals surface area contributed by atoms with Gasteiger partial charge in [0.25, 0.3) is 0 Å². The second-order valence-electron chi connectivity index (χ2n) is 10.9. The fraction of sp³-hybridized carbons (Fsp3) is 0.581. The van der Waals surface area contributed by atoms with E-state index >= 15 is 0 Å². The van der Waals surface area contributed by atoms with Crippen LogP contribution >= 0.6 is 0 Å². The minimum atomic E-state index is -1.58. The van der Waals surface area contributed by atoms with Crippen molar-refractivity contribution in [1.29, 1.82) is 0 Å². The Morgan fingerprint density at radius 1 is 1.02 bits per heavy atom. The van der Waals surface area contributed by atoms with Crippen molar-refractivity contribution < 1.29 is 48.0 Å². The fourth-order valence-corrected chi connectivity index (χ4v) is 5.06. The monoisotopic (exact) mass is 589 g/mol. The first kappa shape index (κ1) is 34.8. The summed E-state index contributed by atoms with van der Waals surface area (Å²) in [5.41, 5.74) is -0.280. The maximum absolute atomic E-state index is 14.1. The maximum Gasteiger partial charge on any atom is 0.417 e. The van der Waals surface area contributed by atoms with Crippen LogP contribution in [0.5, 0.6) is 0 Å². The Bertz CT molecular complexity index is 1100. The lowest BCUT2D eigenvalue weighted by molar-refractivity contribution is -0.159. The van der Waals surface area contributed by atoms with E-state index in [9.17, 15) is 24.0 Å². The smallest absolute Gasteiger partial charge is 0.417 e. The number of amides is 2. The van der Waals surface area contributed by atoms with E-state index in [-0.39, 0.29) is 37.8 Å². The molecule has 11 heteroatoms. The van der Waals surface area contributed by atoms with Gasteiger partial charge in [0.1, 0.15) is 5.60 Å². The van der Waals surface area contributed by atoms with Gasteiger partial charge < -0.3 is 24.1 Å². The zero-order valence-corrected chi connectivity index (χ0v) is 25.1. The molecule has 0 unspecified atom stereocenters. The number of hydrogen-bond acceptors (Lipinski definition) is 10. The molecule has 42 heavy (non-hydrogen) atoms. The summed E-state index contributed by atoms with van der Waals surface area (Å²) in [4.78, 5) is 66.0. The van der Waals surface area contributed by atoms with E-state index < -0.39 is 47.4 Å². The Morgan fingerprint density at radius 2 is 1.67 bits per heavy atom. The second-order valence-corrected chi connectivity index (χ2v) is 10.9. The van der Waals surface area contributed by atoms with Gasteiger partial charge in [-0.25, -0.2) is 9.69 Å². The van der Waals surface area contributed by atoms with Crippen molar-refractivity contribution in [3.63, 3.8) is 0 Å². The van der Waals surface area contributed by atoms with Gasteiger partial charge in [-0.15, -0.1) is 0 Å². The van der Waals surface area contributed by atoms with Crippen LogP contribution in [0.25, 0.3) is 0 Å². The highest BCUT2D eigenvalue weighted by Gasteiger charge is 2.54. The predicted molar refractivity (Wildman–Crippen MR) is 152 cm³/mol. The van der Waals surface area contributed by atoms with Gasteiger partial charge in [0.2, 0.25) is 5.91 Å². The average molecular weight is 590 g/mol. The molecule has 0 radical (unpaired) electrons. The molecule has 1 aromatic rings. The minimum absolute atomic E-state index is 0.000468. The maximum atomic E-state index is 14.1. The summed E-state index contributed by atoms with van der Waals surface area (Å²) in [5.74, 6) is -4.01. The van der Waals surface area contributed by atoms with Crippen molar-refractivity contribution in [2.75, 3.05) is 33.0 Å². The van der Waals surface area contributed by atoms with Crippen molar-refractivity contribution >= 4 is 29.5 Å². The molecule has 0 bridgehead atoms. The quantitative estimate of drug-likeness (QED) is 0.154. The lowest BCUT2D eigenvalue weighted by atomic mass is 9.85. The number of aliphatic hydroxyl groups excluding tert-OH is 1. The first-order valence-corrected chi connectivity index (χ1v) is 14.2. The molecule has 0 spiro atoms. The first-order valence-electron chi connectivity index (χ1n) is 14.2. The molecule has 1 aliphatic heterocycles. The Hall–Kier alpha value is -3.41. The van der Waals surface area contributed by atoms with Gasteiger partial charge in [-0.1, -0.05) is 44.2 Å². The summed E-state index contributed by atoms with van der Waals surface area (Å²) >= 11 is 0. The highest BCUT2D eigenvalue weighted by atomic mass is 16.6. The van der Waals surface area contributed by atoms with Crippen LogP contribution in [0.3, 0.4) is 0 Å². The number of benzene rings is 1. The van der Waals surface area contributed by atoms with Crippen LogP contribution in [0.4, 0.5) is 4.79 Å². The van der Waals surface area contributed by atoms with Gasteiger partial charge in [-0.2, -0.15) is 0 Å². The molecule has 0 saturated carbocycles. The van der Waals surface area contributed by atoms with Crippen molar-refractivity contribution in [3.8, 4) is 0 Å². The van der Waals surface area contributed by atoms with Crippen LogP contribution in [0.15, 0.2) is 42.5 Å². The SMILES string of the molecule is CC(=O)O[C@@H](C(=O)C=CC(=O)CCCOCCOCCO)[C@H](Cc1ccccc1)C(=O)N1C(=O)OC(C)(C)[C@H]1C(C)C. The molecule has 2 amide bonds. The van der Waals surface area contributed by atoms with E-state index in [1.165, 1.54) is 0 Å². The van der Waals surface area contributed by atoms with Crippen LogP contribution in [0.2, 0.25) is 0 Å². The van der Waals surface area contributed by atoms with Gasteiger partial charge in [0, 0.05) is 20.0 Å². The van der Waals surface area contributed by atoms with Gasteiger partial charge in [-0.3, -0.25) is 19.2 Å². The van der Waals surface area contributed by atoms with Gasteiger partial charge in [-0.05, 0) is 50.3 Å². The number of allylic oxidation sites excluding steroid dienone is 1. The number of imide groups is 1. The largest absolute Gasteiger partial charge is 0.453 e. The third-order valence-electron chi connectivity index (χ3n) is 6.71. The molecule has 0 aliphatic carbocycles. The number of cyclic esters (lactones) is 1. The summed E-state index contributed by atoms with van der Waals surface area (Å²) in [6.07, 6.45) is 0.211. The number of ketones is 2. The third kappa shape index (κ3) is 10.5.